The minimum Gasteiger partial charge on any atom is -0.379 e. The summed E-state index contributed by atoms with van der Waals surface area (Å²) < 4.78 is 0. The number of anilines is 2. The number of pyridine rings is 1. The maximum absolute atomic E-state index is 9.96. The van der Waals surface area contributed by atoms with Crippen LogP contribution >= 0.6 is 23.2 Å². The quantitative estimate of drug-likeness (QED) is 0.156. The molecular formula is C35H38Cl2N8. The first-order chi connectivity index (χ1) is 21.7. The lowest BCUT2D eigenvalue weighted by Gasteiger charge is -2.42. The lowest BCUT2D eigenvalue weighted by atomic mass is 9.98. The number of halogens is 2. The molecule has 3 heterocycles. The fraction of sp³-hybridized carbons (Fsp3) is 0.314. The lowest BCUT2D eigenvalue weighted by Crippen LogP contribution is -2.52. The second-order valence-corrected chi connectivity index (χ2v) is 13.4. The normalized spacial score (nSPS) is 16.6. The molecule has 8 nitrogen and oxygen atoms in total. The first-order valence-corrected chi connectivity index (χ1v) is 16.0. The van der Waals surface area contributed by atoms with E-state index in [2.05, 4.69) is 81.7 Å². The lowest BCUT2D eigenvalue weighted by molar-refractivity contribution is 0.0570. The van der Waals surface area contributed by atoms with Crippen molar-refractivity contribution in [1.29, 1.82) is 5.26 Å². The van der Waals surface area contributed by atoms with E-state index in [4.69, 9.17) is 23.2 Å². The van der Waals surface area contributed by atoms with Crippen molar-refractivity contribution in [2.45, 2.75) is 57.8 Å². The molecule has 0 radical (unpaired) electrons. The monoisotopic (exact) mass is 640 g/mol. The Hall–Kier alpha value is -4.00. The standard InChI is InChI=1S/C35H38Cl2N8/c1-35(2,3)44-15-13-27(14-16-44)45-22-31(42-43-45)33(23-9-5-4-6-10-23)41-26-17-28-32(39-20-24-11-7-8-12-29(24)36)25(19-38)21-40-34(28)30(37)18-26/h4-12,17-18,21-22,27,33,41-43H,13-16,20H2,1-3H3,(H,39,40)/t33-/m0/s1. The average molecular weight is 642 g/mol. The van der Waals surface area contributed by atoms with Crippen molar-refractivity contribution in [2.75, 3.05) is 23.7 Å². The van der Waals surface area contributed by atoms with Crippen LogP contribution in [0.2, 0.25) is 10.0 Å². The number of piperidine rings is 1. The highest BCUT2D eigenvalue weighted by atomic mass is 35.5. The van der Waals surface area contributed by atoms with E-state index in [1.165, 1.54) is 0 Å². The van der Waals surface area contributed by atoms with E-state index >= 15 is 0 Å². The third-order valence-corrected chi connectivity index (χ3v) is 9.28. The van der Waals surface area contributed by atoms with Crippen LogP contribution in [-0.2, 0) is 6.54 Å². The Morgan fingerprint density at radius 1 is 1.02 bits per heavy atom. The van der Waals surface area contributed by atoms with Gasteiger partial charge in [0.1, 0.15) is 6.07 Å². The number of nitrogens with one attached hydrogen (secondary N) is 4. The van der Waals surface area contributed by atoms with Crippen LogP contribution in [0.1, 0.15) is 56.3 Å². The molecule has 3 aromatic carbocycles. The van der Waals surface area contributed by atoms with E-state index in [0.717, 1.165) is 53.8 Å². The molecule has 2 aliphatic heterocycles. The van der Waals surface area contributed by atoms with Crippen molar-refractivity contribution in [3.63, 3.8) is 0 Å². The van der Waals surface area contributed by atoms with Crippen molar-refractivity contribution >= 4 is 45.5 Å². The van der Waals surface area contributed by atoms with Crippen LogP contribution in [0.3, 0.4) is 0 Å². The number of aromatic nitrogens is 1. The molecule has 232 valence electrons. The molecule has 1 fully saturated rings. The van der Waals surface area contributed by atoms with Crippen molar-refractivity contribution in [1.82, 2.24) is 25.9 Å². The summed E-state index contributed by atoms with van der Waals surface area (Å²) in [6, 6.07) is 24.3. The van der Waals surface area contributed by atoms with Gasteiger partial charge in [0.25, 0.3) is 0 Å². The van der Waals surface area contributed by atoms with Gasteiger partial charge in [0.05, 0.1) is 33.5 Å². The summed E-state index contributed by atoms with van der Waals surface area (Å²) in [6.07, 6.45) is 5.90. The largest absolute Gasteiger partial charge is 0.379 e. The second-order valence-electron chi connectivity index (χ2n) is 12.6. The maximum Gasteiger partial charge on any atom is 0.103 e. The molecular weight excluding hydrogens is 603 g/mol. The SMILES string of the molecule is CC(C)(C)N1CCC(N2C=C([C@@H](Nc3cc(Cl)c4ncc(C#N)c(NCc5ccccc5Cl)c4c3)c3ccccc3)NN2)CC1. The minimum absolute atomic E-state index is 0.180. The van der Waals surface area contributed by atoms with Crippen LogP contribution in [-0.4, -0.2) is 39.6 Å². The summed E-state index contributed by atoms with van der Waals surface area (Å²) in [6.45, 7) is 9.43. The third-order valence-electron chi connectivity index (χ3n) is 8.63. The Balaban J connectivity index is 1.30. The summed E-state index contributed by atoms with van der Waals surface area (Å²) in [7, 11) is 0. The molecule has 0 bridgehead atoms. The second kappa shape index (κ2) is 13.2. The zero-order valence-electron chi connectivity index (χ0n) is 25.7. The van der Waals surface area contributed by atoms with E-state index in [1.807, 2.05) is 54.6 Å². The van der Waals surface area contributed by atoms with E-state index < -0.39 is 0 Å². The maximum atomic E-state index is 9.96. The molecule has 2 aliphatic rings. The highest BCUT2D eigenvalue weighted by molar-refractivity contribution is 6.36. The number of hydrogen-bond acceptors (Lipinski definition) is 8. The fourth-order valence-electron chi connectivity index (χ4n) is 6.10. The summed E-state index contributed by atoms with van der Waals surface area (Å²) in [5.41, 5.74) is 12.6. The van der Waals surface area contributed by atoms with Crippen LogP contribution in [0.5, 0.6) is 0 Å². The van der Waals surface area contributed by atoms with Crippen LogP contribution < -0.4 is 21.6 Å². The van der Waals surface area contributed by atoms with Gasteiger partial charge in [-0.1, -0.05) is 71.7 Å². The van der Waals surface area contributed by atoms with E-state index in [9.17, 15) is 5.26 Å². The summed E-state index contributed by atoms with van der Waals surface area (Å²) in [5, 5.41) is 21.2. The number of benzene rings is 3. The molecule has 0 saturated carbocycles. The van der Waals surface area contributed by atoms with Gasteiger partial charge in [-0.3, -0.25) is 14.9 Å². The van der Waals surface area contributed by atoms with Crippen molar-refractivity contribution in [3.8, 4) is 6.07 Å². The molecule has 10 heteroatoms. The molecule has 6 rings (SSSR count). The molecule has 0 amide bonds. The molecule has 4 aromatic rings. The van der Waals surface area contributed by atoms with Gasteiger partial charge in [-0.2, -0.15) is 5.26 Å². The first-order valence-electron chi connectivity index (χ1n) is 15.3. The topological polar surface area (TPSA) is 91.3 Å². The van der Waals surface area contributed by atoms with Gasteiger partial charge in [-0.05, 0) is 62.9 Å². The van der Waals surface area contributed by atoms with Crippen LogP contribution in [0.4, 0.5) is 11.4 Å². The number of nitrogens with zero attached hydrogens (tertiary/aromatic N) is 4. The molecule has 0 spiro atoms. The van der Waals surface area contributed by atoms with Crippen LogP contribution in [0.15, 0.2) is 84.8 Å². The molecule has 1 atom stereocenters. The zero-order valence-corrected chi connectivity index (χ0v) is 27.3. The van der Waals surface area contributed by atoms with Gasteiger partial charge in [-0.25, -0.2) is 0 Å². The van der Waals surface area contributed by atoms with Gasteiger partial charge in [-0.15, -0.1) is 5.53 Å². The third kappa shape index (κ3) is 6.82. The Labute approximate surface area is 275 Å². The number of rotatable bonds is 8. The van der Waals surface area contributed by atoms with Gasteiger partial charge >= 0.3 is 0 Å². The van der Waals surface area contributed by atoms with E-state index in [-0.39, 0.29) is 11.6 Å². The Morgan fingerprint density at radius 2 is 1.76 bits per heavy atom. The number of fused-ring (bicyclic) bond motifs is 1. The molecule has 0 unspecified atom stereocenters. The summed E-state index contributed by atoms with van der Waals surface area (Å²) >= 11 is 13.3. The van der Waals surface area contributed by atoms with Crippen molar-refractivity contribution in [2.24, 2.45) is 0 Å². The Morgan fingerprint density at radius 3 is 2.47 bits per heavy atom. The van der Waals surface area contributed by atoms with Gasteiger partial charge in [0.2, 0.25) is 0 Å². The average Bonchev–Trinajstić information content (AvgIpc) is 3.53. The van der Waals surface area contributed by atoms with Crippen LogP contribution in [0, 0.1) is 11.3 Å². The molecule has 1 saturated heterocycles. The van der Waals surface area contributed by atoms with Gasteiger partial charge in [0.15, 0.2) is 0 Å². The minimum atomic E-state index is -0.196. The molecule has 1 aromatic heterocycles. The molecule has 4 N–H and O–H groups in total. The highest BCUT2D eigenvalue weighted by Crippen LogP contribution is 2.36. The summed E-state index contributed by atoms with van der Waals surface area (Å²) in [4.78, 5) is 7.09. The van der Waals surface area contributed by atoms with Crippen molar-refractivity contribution < 1.29 is 0 Å². The number of hydrogen-bond donors (Lipinski definition) is 4. The molecule has 45 heavy (non-hydrogen) atoms. The van der Waals surface area contributed by atoms with Crippen molar-refractivity contribution in [3.05, 3.63) is 112 Å². The van der Waals surface area contributed by atoms with Crippen LogP contribution in [0.25, 0.3) is 10.9 Å². The highest BCUT2D eigenvalue weighted by Gasteiger charge is 2.32. The van der Waals surface area contributed by atoms with Gasteiger partial charge in [0, 0.05) is 59.7 Å². The summed E-state index contributed by atoms with van der Waals surface area (Å²) in [5.74, 6) is 0. The smallest absolute Gasteiger partial charge is 0.103 e. The number of hydrazine groups is 2. The predicted octanol–water partition coefficient (Wildman–Crippen LogP) is 7.61. The number of likely N-dealkylation sites (tertiary alicyclic amines) is 1. The zero-order chi connectivity index (χ0) is 31.6. The van der Waals surface area contributed by atoms with E-state index in [0.29, 0.717) is 39.4 Å². The van der Waals surface area contributed by atoms with Gasteiger partial charge < -0.3 is 16.1 Å². The first kappa shape index (κ1) is 31.0. The fourth-order valence-corrected chi connectivity index (χ4v) is 6.57. The van der Waals surface area contributed by atoms with E-state index in [1.54, 1.807) is 6.20 Å². The molecule has 0 aliphatic carbocycles. The number of nitriles is 1. The Kier molecular flexibility index (Phi) is 9.06. The predicted molar refractivity (Wildman–Crippen MR) is 184 cm³/mol. The Bertz CT molecular complexity index is 1740.